The Morgan fingerprint density at radius 2 is 1.71 bits per heavy atom. The Hall–Kier alpha value is -4.32. The predicted octanol–water partition coefficient (Wildman–Crippen LogP) is 5.53. The van der Waals surface area contributed by atoms with Gasteiger partial charge in [-0.05, 0) is 54.8 Å². The van der Waals surface area contributed by atoms with Gasteiger partial charge in [-0.15, -0.1) is 0 Å². The van der Waals surface area contributed by atoms with Crippen molar-refractivity contribution in [3.8, 4) is 5.75 Å². The Balaban J connectivity index is 1.61. The van der Waals surface area contributed by atoms with E-state index >= 15 is 0 Å². The zero-order valence-corrected chi connectivity index (χ0v) is 18.8. The third kappa shape index (κ3) is 3.63. The number of Topliss-reactive ketones (excluding diaryl/α,β-unsaturated/α-hetero) is 1. The number of carbonyl (C=O) groups is 2. The SMILES string of the molecule is Cc1ccc(C)c(CN2C(=O)C(O)=C(C(=O)c3cc4ccccc4o3)C2c2ccc(O)cc2)c1. The molecule has 3 aromatic carbocycles. The Labute approximate surface area is 196 Å². The summed E-state index contributed by atoms with van der Waals surface area (Å²) < 4.78 is 5.75. The highest BCUT2D eigenvalue weighted by Crippen LogP contribution is 2.41. The molecule has 0 bridgehead atoms. The second-order valence-electron chi connectivity index (χ2n) is 8.60. The number of para-hydroxylation sites is 1. The maximum Gasteiger partial charge on any atom is 0.290 e. The molecule has 2 heterocycles. The molecular weight excluding hydrogens is 430 g/mol. The number of aromatic hydroxyl groups is 1. The van der Waals surface area contributed by atoms with Gasteiger partial charge in [0.25, 0.3) is 5.91 Å². The fourth-order valence-electron chi connectivity index (χ4n) is 4.43. The van der Waals surface area contributed by atoms with Crippen LogP contribution < -0.4 is 0 Å². The van der Waals surface area contributed by atoms with Crippen molar-refractivity contribution in [2.75, 3.05) is 0 Å². The Kier molecular flexibility index (Phi) is 5.21. The molecule has 0 radical (unpaired) electrons. The van der Waals surface area contributed by atoms with Crippen molar-refractivity contribution in [1.82, 2.24) is 4.90 Å². The lowest BCUT2D eigenvalue weighted by atomic mass is 9.94. The van der Waals surface area contributed by atoms with E-state index in [-0.39, 0.29) is 23.6 Å². The van der Waals surface area contributed by atoms with Crippen LogP contribution in [0.15, 0.2) is 88.5 Å². The van der Waals surface area contributed by atoms with E-state index in [4.69, 9.17) is 4.42 Å². The molecule has 2 N–H and O–H groups in total. The molecule has 6 nitrogen and oxygen atoms in total. The van der Waals surface area contributed by atoms with Crippen molar-refractivity contribution in [2.24, 2.45) is 0 Å². The van der Waals surface area contributed by atoms with Crippen LogP contribution in [0.5, 0.6) is 5.75 Å². The predicted molar refractivity (Wildman–Crippen MR) is 128 cm³/mol. The second kappa shape index (κ2) is 8.23. The van der Waals surface area contributed by atoms with Crippen molar-refractivity contribution < 1.29 is 24.2 Å². The molecule has 1 unspecified atom stereocenters. The van der Waals surface area contributed by atoms with Crippen LogP contribution in [0, 0.1) is 13.8 Å². The molecule has 1 aromatic heterocycles. The van der Waals surface area contributed by atoms with Crippen molar-refractivity contribution in [1.29, 1.82) is 0 Å². The first-order valence-corrected chi connectivity index (χ1v) is 11.0. The molecule has 170 valence electrons. The lowest BCUT2D eigenvalue weighted by molar-refractivity contribution is -0.130. The Bertz CT molecular complexity index is 1430. The van der Waals surface area contributed by atoms with E-state index in [1.54, 1.807) is 30.3 Å². The minimum atomic E-state index is -0.839. The number of fused-ring (bicyclic) bond motifs is 1. The largest absolute Gasteiger partial charge is 0.508 e. The van der Waals surface area contributed by atoms with Crippen LogP contribution >= 0.6 is 0 Å². The summed E-state index contributed by atoms with van der Waals surface area (Å²) in [6, 6.07) is 20.3. The van der Waals surface area contributed by atoms with Gasteiger partial charge in [0.1, 0.15) is 11.3 Å². The summed E-state index contributed by atoms with van der Waals surface area (Å²) in [5.41, 5.74) is 4.06. The van der Waals surface area contributed by atoms with Crippen LogP contribution in [0.1, 0.15) is 38.9 Å². The van der Waals surface area contributed by atoms with Crippen LogP contribution in [-0.4, -0.2) is 26.8 Å². The van der Waals surface area contributed by atoms with Gasteiger partial charge < -0.3 is 19.5 Å². The number of phenols is 1. The third-order valence-corrected chi connectivity index (χ3v) is 6.25. The molecule has 6 heteroatoms. The average molecular weight is 453 g/mol. The molecule has 0 spiro atoms. The van der Waals surface area contributed by atoms with Crippen molar-refractivity contribution in [2.45, 2.75) is 26.4 Å². The van der Waals surface area contributed by atoms with E-state index in [2.05, 4.69) is 0 Å². The minimum Gasteiger partial charge on any atom is -0.508 e. The van der Waals surface area contributed by atoms with Gasteiger partial charge in [0.15, 0.2) is 11.5 Å². The van der Waals surface area contributed by atoms with E-state index in [0.29, 0.717) is 11.1 Å². The topological polar surface area (TPSA) is 91.0 Å². The molecule has 1 aliphatic heterocycles. The normalized spacial score (nSPS) is 16.0. The van der Waals surface area contributed by atoms with Gasteiger partial charge in [-0.25, -0.2) is 0 Å². The van der Waals surface area contributed by atoms with Crippen LogP contribution in [-0.2, 0) is 11.3 Å². The number of furan rings is 1. The smallest absolute Gasteiger partial charge is 0.290 e. The number of hydrogen-bond acceptors (Lipinski definition) is 5. The van der Waals surface area contributed by atoms with E-state index in [1.807, 2.05) is 44.2 Å². The first-order valence-electron chi connectivity index (χ1n) is 11.0. The average Bonchev–Trinajstić information content (AvgIpc) is 3.36. The highest BCUT2D eigenvalue weighted by Gasteiger charge is 2.44. The number of rotatable bonds is 5. The molecule has 0 saturated carbocycles. The van der Waals surface area contributed by atoms with Gasteiger partial charge in [-0.2, -0.15) is 0 Å². The van der Waals surface area contributed by atoms with Crippen LogP contribution in [0.3, 0.4) is 0 Å². The molecular formula is C28H23NO5. The zero-order chi connectivity index (χ0) is 24.0. The highest BCUT2D eigenvalue weighted by molar-refractivity contribution is 6.16. The Morgan fingerprint density at radius 3 is 2.44 bits per heavy atom. The first-order chi connectivity index (χ1) is 16.3. The van der Waals surface area contributed by atoms with Gasteiger partial charge in [0.05, 0.1) is 11.6 Å². The number of carbonyl (C=O) groups excluding carboxylic acids is 2. The summed E-state index contributed by atoms with van der Waals surface area (Å²) in [5, 5.41) is 21.4. The minimum absolute atomic E-state index is 0.0416. The second-order valence-corrected chi connectivity index (χ2v) is 8.60. The third-order valence-electron chi connectivity index (χ3n) is 6.25. The maximum atomic E-state index is 13.6. The fourth-order valence-corrected chi connectivity index (χ4v) is 4.43. The number of aliphatic hydroxyl groups excluding tert-OH is 1. The number of phenolic OH excluding ortho intramolecular Hbond substituents is 1. The molecule has 1 atom stereocenters. The van der Waals surface area contributed by atoms with Gasteiger partial charge in [-0.3, -0.25) is 9.59 Å². The van der Waals surface area contributed by atoms with E-state index in [9.17, 15) is 19.8 Å². The molecule has 0 saturated heterocycles. The lowest BCUT2D eigenvalue weighted by Gasteiger charge is -2.27. The number of ketones is 1. The summed E-state index contributed by atoms with van der Waals surface area (Å²) >= 11 is 0. The molecule has 0 fully saturated rings. The van der Waals surface area contributed by atoms with Gasteiger partial charge in [0.2, 0.25) is 5.78 Å². The lowest BCUT2D eigenvalue weighted by Crippen LogP contribution is -2.31. The summed E-state index contributed by atoms with van der Waals surface area (Å²) in [4.78, 5) is 28.3. The van der Waals surface area contributed by atoms with E-state index in [1.165, 1.54) is 17.0 Å². The van der Waals surface area contributed by atoms with E-state index < -0.39 is 23.5 Å². The summed E-state index contributed by atoms with van der Waals surface area (Å²) in [5.74, 6) is -1.66. The van der Waals surface area contributed by atoms with Crippen LogP contribution in [0.4, 0.5) is 0 Å². The van der Waals surface area contributed by atoms with Gasteiger partial charge in [0, 0.05) is 11.9 Å². The van der Waals surface area contributed by atoms with Crippen molar-refractivity contribution >= 4 is 22.7 Å². The standard InChI is InChI=1S/C28H23NO5/c1-16-7-8-17(2)20(13-16)15-29-25(18-9-11-21(30)12-10-18)24(27(32)28(29)33)26(31)23-14-19-5-3-4-6-22(19)34-23/h3-14,25,30,32H,15H2,1-2H3. The number of benzene rings is 3. The van der Waals surface area contributed by atoms with Gasteiger partial charge >= 0.3 is 0 Å². The maximum absolute atomic E-state index is 13.6. The number of amides is 1. The number of nitrogens with zero attached hydrogens (tertiary/aromatic N) is 1. The van der Waals surface area contributed by atoms with E-state index in [0.717, 1.165) is 22.1 Å². The highest BCUT2D eigenvalue weighted by atomic mass is 16.3. The number of aliphatic hydroxyl groups is 1. The molecule has 5 rings (SSSR count). The molecule has 1 aliphatic rings. The number of aryl methyl sites for hydroxylation is 2. The van der Waals surface area contributed by atoms with Crippen molar-refractivity contribution in [3.05, 3.63) is 112 Å². The molecule has 34 heavy (non-hydrogen) atoms. The zero-order valence-electron chi connectivity index (χ0n) is 18.8. The van der Waals surface area contributed by atoms with Gasteiger partial charge in [-0.1, -0.05) is 54.1 Å². The van der Waals surface area contributed by atoms with Crippen molar-refractivity contribution in [3.63, 3.8) is 0 Å². The summed E-state index contributed by atoms with van der Waals surface area (Å²) in [6.07, 6.45) is 0. The van der Waals surface area contributed by atoms with Crippen LogP contribution in [0.2, 0.25) is 0 Å². The summed E-state index contributed by atoms with van der Waals surface area (Å²) in [6.45, 7) is 4.13. The molecule has 4 aromatic rings. The van der Waals surface area contributed by atoms with Crippen LogP contribution in [0.25, 0.3) is 11.0 Å². The monoisotopic (exact) mass is 453 g/mol. The molecule has 1 amide bonds. The summed E-state index contributed by atoms with van der Waals surface area (Å²) in [7, 11) is 0. The first kappa shape index (κ1) is 21.5. The molecule has 0 aliphatic carbocycles. The fraction of sp³-hybridized carbons (Fsp3) is 0.143. The number of hydrogen-bond donors (Lipinski definition) is 2. The Morgan fingerprint density at radius 1 is 0.971 bits per heavy atom. The quantitative estimate of drug-likeness (QED) is 0.388.